The summed E-state index contributed by atoms with van der Waals surface area (Å²) in [5.41, 5.74) is 6.56. The highest BCUT2D eigenvalue weighted by atomic mass is 16.3. The molecule has 1 unspecified atom stereocenters. The summed E-state index contributed by atoms with van der Waals surface area (Å²) in [5, 5.41) is 9.69. The van der Waals surface area contributed by atoms with Gasteiger partial charge in [-0.15, -0.1) is 0 Å². The zero-order valence-corrected chi connectivity index (χ0v) is 9.26. The fourth-order valence-electron chi connectivity index (χ4n) is 1.59. The van der Waals surface area contributed by atoms with Crippen molar-refractivity contribution in [3.63, 3.8) is 0 Å². The number of benzene rings is 1. The third kappa shape index (κ3) is 3.90. The summed E-state index contributed by atoms with van der Waals surface area (Å²) in [6.07, 6.45) is 0.318. The lowest BCUT2D eigenvalue weighted by Crippen LogP contribution is -2.33. The molecule has 0 amide bonds. The normalized spacial score (nSPS) is 12.5. The van der Waals surface area contributed by atoms with Crippen molar-refractivity contribution in [3.05, 3.63) is 30.3 Å². The molecule has 0 fully saturated rings. The number of anilines is 1. The summed E-state index contributed by atoms with van der Waals surface area (Å²) in [5.74, 6) is 0. The maximum atomic E-state index is 9.69. The van der Waals surface area contributed by atoms with Gasteiger partial charge >= 0.3 is 0 Å². The van der Waals surface area contributed by atoms with Crippen molar-refractivity contribution in [2.45, 2.75) is 19.4 Å². The zero-order chi connectivity index (χ0) is 11.1. The van der Waals surface area contributed by atoms with E-state index in [2.05, 4.69) is 24.0 Å². The molecule has 0 saturated carbocycles. The molecule has 1 aromatic rings. The smallest absolute Gasteiger partial charge is 0.0727 e. The van der Waals surface area contributed by atoms with E-state index in [1.807, 2.05) is 18.2 Å². The van der Waals surface area contributed by atoms with Crippen LogP contribution in [0.2, 0.25) is 0 Å². The quantitative estimate of drug-likeness (QED) is 0.739. The highest BCUT2D eigenvalue weighted by molar-refractivity contribution is 5.45. The van der Waals surface area contributed by atoms with Gasteiger partial charge in [0.1, 0.15) is 0 Å². The molecule has 0 spiro atoms. The van der Waals surface area contributed by atoms with Crippen molar-refractivity contribution >= 4 is 5.69 Å². The number of nitrogens with two attached hydrogens (primary N) is 1. The van der Waals surface area contributed by atoms with E-state index in [9.17, 15) is 5.11 Å². The van der Waals surface area contributed by atoms with Crippen molar-refractivity contribution in [3.8, 4) is 0 Å². The van der Waals surface area contributed by atoms with Crippen molar-refractivity contribution in [2.75, 3.05) is 24.5 Å². The van der Waals surface area contributed by atoms with Crippen LogP contribution < -0.4 is 10.6 Å². The predicted molar refractivity (Wildman–Crippen MR) is 64.0 cm³/mol. The van der Waals surface area contributed by atoms with Gasteiger partial charge in [-0.2, -0.15) is 0 Å². The highest BCUT2D eigenvalue weighted by Gasteiger charge is 2.09. The van der Waals surface area contributed by atoms with E-state index >= 15 is 0 Å². The van der Waals surface area contributed by atoms with Crippen LogP contribution in [-0.2, 0) is 0 Å². The van der Waals surface area contributed by atoms with Crippen LogP contribution in [0, 0.1) is 0 Å². The summed E-state index contributed by atoms with van der Waals surface area (Å²) in [4.78, 5) is 2.15. The van der Waals surface area contributed by atoms with E-state index in [0.29, 0.717) is 19.5 Å². The molecule has 0 aliphatic heterocycles. The SMILES string of the molecule is CCN(CC(O)CCN)c1ccccc1. The number of rotatable bonds is 6. The second kappa shape index (κ2) is 6.43. The van der Waals surface area contributed by atoms with Gasteiger partial charge in [0.05, 0.1) is 6.10 Å². The molecule has 3 nitrogen and oxygen atoms in total. The fraction of sp³-hybridized carbons (Fsp3) is 0.500. The van der Waals surface area contributed by atoms with Crippen LogP contribution in [0.25, 0.3) is 0 Å². The second-order valence-corrected chi connectivity index (χ2v) is 3.61. The van der Waals surface area contributed by atoms with Gasteiger partial charge in [-0.3, -0.25) is 0 Å². The Hall–Kier alpha value is -1.06. The Morgan fingerprint density at radius 3 is 2.53 bits per heavy atom. The first kappa shape index (κ1) is 12.0. The average molecular weight is 208 g/mol. The molecule has 0 radical (unpaired) electrons. The molecule has 0 aromatic heterocycles. The first-order chi connectivity index (χ1) is 7.27. The molecule has 15 heavy (non-hydrogen) atoms. The van der Waals surface area contributed by atoms with E-state index in [1.165, 1.54) is 0 Å². The molecule has 84 valence electrons. The van der Waals surface area contributed by atoms with Gasteiger partial charge in [0, 0.05) is 18.8 Å². The van der Waals surface area contributed by atoms with E-state index in [-0.39, 0.29) is 6.10 Å². The molecule has 3 heteroatoms. The van der Waals surface area contributed by atoms with Crippen molar-refractivity contribution < 1.29 is 5.11 Å². The zero-order valence-electron chi connectivity index (χ0n) is 9.26. The third-order valence-corrected chi connectivity index (χ3v) is 2.43. The van der Waals surface area contributed by atoms with Gasteiger partial charge in [-0.05, 0) is 32.0 Å². The van der Waals surface area contributed by atoms with Crippen LogP contribution >= 0.6 is 0 Å². The molecule has 0 bridgehead atoms. The van der Waals surface area contributed by atoms with Gasteiger partial charge in [0.15, 0.2) is 0 Å². The first-order valence-corrected chi connectivity index (χ1v) is 5.46. The number of para-hydroxylation sites is 1. The molecular weight excluding hydrogens is 188 g/mol. The standard InChI is InChI=1S/C12H20N2O/c1-2-14(10-12(15)8-9-13)11-6-4-3-5-7-11/h3-7,12,15H,2,8-10,13H2,1H3. The molecule has 1 atom stereocenters. The van der Waals surface area contributed by atoms with Crippen LogP contribution in [0.15, 0.2) is 30.3 Å². The van der Waals surface area contributed by atoms with Gasteiger partial charge in [0.25, 0.3) is 0 Å². The van der Waals surface area contributed by atoms with Crippen LogP contribution in [0.1, 0.15) is 13.3 Å². The monoisotopic (exact) mass is 208 g/mol. The van der Waals surface area contributed by atoms with E-state index in [0.717, 1.165) is 12.2 Å². The Labute approximate surface area is 91.5 Å². The molecule has 0 heterocycles. The number of hydrogen-bond donors (Lipinski definition) is 2. The Kier molecular flexibility index (Phi) is 5.15. The lowest BCUT2D eigenvalue weighted by atomic mass is 10.2. The average Bonchev–Trinajstić information content (AvgIpc) is 2.27. The maximum absolute atomic E-state index is 9.69. The van der Waals surface area contributed by atoms with Crippen LogP contribution in [-0.4, -0.2) is 30.8 Å². The fourth-order valence-corrected chi connectivity index (χ4v) is 1.59. The molecule has 0 aliphatic rings. The van der Waals surface area contributed by atoms with Crippen molar-refractivity contribution in [1.29, 1.82) is 0 Å². The molecule has 3 N–H and O–H groups in total. The van der Waals surface area contributed by atoms with Gasteiger partial charge in [-0.25, -0.2) is 0 Å². The Morgan fingerprint density at radius 2 is 2.00 bits per heavy atom. The van der Waals surface area contributed by atoms with Crippen molar-refractivity contribution in [1.82, 2.24) is 0 Å². The number of aliphatic hydroxyl groups excluding tert-OH is 1. The minimum Gasteiger partial charge on any atom is -0.391 e. The minimum absolute atomic E-state index is 0.338. The van der Waals surface area contributed by atoms with Gasteiger partial charge in [0.2, 0.25) is 0 Å². The highest BCUT2D eigenvalue weighted by Crippen LogP contribution is 2.13. The summed E-state index contributed by atoms with van der Waals surface area (Å²) in [6, 6.07) is 10.1. The summed E-state index contributed by atoms with van der Waals surface area (Å²) in [6.45, 7) is 4.17. The molecular formula is C12H20N2O. The van der Waals surface area contributed by atoms with E-state index < -0.39 is 0 Å². The predicted octanol–water partition coefficient (Wildman–Crippen LogP) is 1.22. The van der Waals surface area contributed by atoms with Crippen LogP contribution in [0.3, 0.4) is 0 Å². The first-order valence-electron chi connectivity index (χ1n) is 5.46. The molecule has 1 rings (SSSR count). The van der Waals surface area contributed by atoms with Crippen LogP contribution in [0.4, 0.5) is 5.69 Å². The van der Waals surface area contributed by atoms with E-state index in [1.54, 1.807) is 0 Å². The molecule has 0 saturated heterocycles. The number of likely N-dealkylation sites (N-methyl/N-ethyl adjacent to an activating group) is 1. The van der Waals surface area contributed by atoms with Crippen molar-refractivity contribution in [2.24, 2.45) is 5.73 Å². The Balaban J connectivity index is 2.56. The summed E-state index contributed by atoms with van der Waals surface area (Å²) in [7, 11) is 0. The molecule has 0 aliphatic carbocycles. The topological polar surface area (TPSA) is 49.5 Å². The minimum atomic E-state index is -0.338. The third-order valence-electron chi connectivity index (χ3n) is 2.43. The lowest BCUT2D eigenvalue weighted by molar-refractivity contribution is 0.172. The number of hydrogen-bond acceptors (Lipinski definition) is 3. The Morgan fingerprint density at radius 1 is 1.33 bits per heavy atom. The largest absolute Gasteiger partial charge is 0.391 e. The van der Waals surface area contributed by atoms with Gasteiger partial charge in [-0.1, -0.05) is 18.2 Å². The summed E-state index contributed by atoms with van der Waals surface area (Å²) < 4.78 is 0. The second-order valence-electron chi connectivity index (χ2n) is 3.61. The lowest BCUT2D eigenvalue weighted by Gasteiger charge is -2.25. The Bertz CT molecular complexity index is 264. The number of aliphatic hydroxyl groups is 1. The van der Waals surface area contributed by atoms with Gasteiger partial charge < -0.3 is 15.7 Å². The summed E-state index contributed by atoms with van der Waals surface area (Å²) >= 11 is 0. The van der Waals surface area contributed by atoms with E-state index in [4.69, 9.17) is 5.73 Å². The molecule has 1 aromatic carbocycles. The van der Waals surface area contributed by atoms with Crippen LogP contribution in [0.5, 0.6) is 0 Å². The maximum Gasteiger partial charge on any atom is 0.0727 e. The number of nitrogens with zero attached hydrogens (tertiary/aromatic N) is 1.